The standard InChI is InChI=1S/C9H13N.H2O4S/c1-6-4-5-9(10)8(3)7(6)2;1-5(2,3)4/h4-5H,10H2,1-3H3;(H2,1,2,3,4). The Balaban J connectivity index is 0.000000336. The quantitative estimate of drug-likeness (QED) is 0.466. The van der Waals surface area contributed by atoms with E-state index in [4.69, 9.17) is 23.3 Å². The molecule has 0 aliphatic rings. The lowest BCUT2D eigenvalue weighted by Gasteiger charge is -2.05. The van der Waals surface area contributed by atoms with Gasteiger partial charge in [0.05, 0.1) is 0 Å². The Morgan fingerprint density at radius 2 is 1.47 bits per heavy atom. The van der Waals surface area contributed by atoms with E-state index in [0.29, 0.717) is 0 Å². The van der Waals surface area contributed by atoms with Crippen LogP contribution >= 0.6 is 0 Å². The van der Waals surface area contributed by atoms with E-state index in [1.54, 1.807) is 0 Å². The summed E-state index contributed by atoms with van der Waals surface area (Å²) in [6, 6.07) is 4.01. The maximum atomic E-state index is 8.74. The highest BCUT2D eigenvalue weighted by molar-refractivity contribution is 7.79. The first-order valence-corrected chi connectivity index (χ1v) is 5.54. The van der Waals surface area contributed by atoms with Crippen LogP contribution in [0.25, 0.3) is 0 Å². The molecule has 15 heavy (non-hydrogen) atoms. The number of aryl methyl sites for hydroxylation is 1. The van der Waals surface area contributed by atoms with E-state index in [0.717, 1.165) is 5.69 Å². The maximum Gasteiger partial charge on any atom is 0.394 e. The molecule has 0 radical (unpaired) electrons. The summed E-state index contributed by atoms with van der Waals surface area (Å²) in [4.78, 5) is 0. The third-order valence-corrected chi connectivity index (χ3v) is 2.10. The van der Waals surface area contributed by atoms with E-state index in [2.05, 4.69) is 26.8 Å². The second kappa shape index (κ2) is 5.11. The Bertz CT molecular complexity index is 405. The first-order chi connectivity index (χ1) is 6.63. The molecule has 4 N–H and O–H groups in total. The fraction of sp³-hybridized carbons (Fsp3) is 0.333. The number of benzene rings is 1. The van der Waals surface area contributed by atoms with Crippen molar-refractivity contribution in [3.8, 4) is 0 Å². The molecule has 0 aliphatic heterocycles. The molecule has 1 aromatic carbocycles. The minimum Gasteiger partial charge on any atom is -0.399 e. The number of rotatable bonds is 0. The van der Waals surface area contributed by atoms with Crippen molar-refractivity contribution in [1.82, 2.24) is 0 Å². The summed E-state index contributed by atoms with van der Waals surface area (Å²) in [5, 5.41) is 0. The minimum atomic E-state index is -4.67. The van der Waals surface area contributed by atoms with E-state index in [9.17, 15) is 0 Å². The van der Waals surface area contributed by atoms with Gasteiger partial charge in [-0.05, 0) is 43.5 Å². The van der Waals surface area contributed by atoms with Crippen molar-refractivity contribution in [1.29, 1.82) is 0 Å². The largest absolute Gasteiger partial charge is 0.399 e. The summed E-state index contributed by atoms with van der Waals surface area (Å²) >= 11 is 0. The van der Waals surface area contributed by atoms with E-state index >= 15 is 0 Å². The first-order valence-electron chi connectivity index (χ1n) is 4.15. The van der Waals surface area contributed by atoms with Crippen LogP contribution in [-0.2, 0) is 10.4 Å². The summed E-state index contributed by atoms with van der Waals surface area (Å²) in [5.74, 6) is 0. The van der Waals surface area contributed by atoms with Crippen LogP contribution in [0.1, 0.15) is 16.7 Å². The van der Waals surface area contributed by atoms with E-state index in [1.807, 2.05) is 6.07 Å². The predicted octanol–water partition coefficient (Wildman–Crippen LogP) is 1.54. The zero-order valence-corrected chi connectivity index (χ0v) is 9.67. The van der Waals surface area contributed by atoms with Crippen LogP contribution in [0.15, 0.2) is 12.1 Å². The van der Waals surface area contributed by atoms with Gasteiger partial charge in [-0.3, -0.25) is 9.11 Å². The fourth-order valence-electron chi connectivity index (χ4n) is 0.977. The SMILES string of the molecule is Cc1ccc(N)c(C)c1C.O=S(=O)(O)O. The molecule has 0 atom stereocenters. The van der Waals surface area contributed by atoms with Crippen molar-refractivity contribution >= 4 is 16.1 Å². The highest BCUT2D eigenvalue weighted by Gasteiger charge is 1.98. The van der Waals surface area contributed by atoms with Gasteiger partial charge in [-0.25, -0.2) is 0 Å². The van der Waals surface area contributed by atoms with Crippen LogP contribution < -0.4 is 5.73 Å². The van der Waals surface area contributed by atoms with Gasteiger partial charge in [-0.2, -0.15) is 8.42 Å². The number of anilines is 1. The Morgan fingerprint density at radius 1 is 1.07 bits per heavy atom. The molecule has 0 bridgehead atoms. The Labute approximate surface area is 89.5 Å². The molecule has 1 aromatic rings. The zero-order valence-electron chi connectivity index (χ0n) is 8.85. The third kappa shape index (κ3) is 6.05. The predicted molar refractivity (Wildman–Crippen MR) is 59.2 cm³/mol. The molecule has 0 spiro atoms. The smallest absolute Gasteiger partial charge is 0.394 e. The zero-order chi connectivity index (χ0) is 12.2. The van der Waals surface area contributed by atoms with E-state index in [1.165, 1.54) is 16.7 Å². The average molecular weight is 233 g/mol. The lowest BCUT2D eigenvalue weighted by atomic mass is 10.0. The molecule has 0 unspecified atom stereocenters. The Kier molecular flexibility index (Phi) is 4.73. The molecule has 0 saturated carbocycles. The minimum absolute atomic E-state index is 0.892. The summed E-state index contributed by atoms with van der Waals surface area (Å²) in [5.41, 5.74) is 10.4. The molecular formula is C9H15NO4S. The monoisotopic (exact) mass is 233 g/mol. The summed E-state index contributed by atoms with van der Waals surface area (Å²) in [6.07, 6.45) is 0. The van der Waals surface area contributed by atoms with Gasteiger partial charge in [0.1, 0.15) is 0 Å². The third-order valence-electron chi connectivity index (χ3n) is 2.10. The fourth-order valence-corrected chi connectivity index (χ4v) is 0.977. The number of hydrogen-bond acceptors (Lipinski definition) is 3. The van der Waals surface area contributed by atoms with E-state index < -0.39 is 10.4 Å². The number of nitrogens with two attached hydrogens (primary N) is 1. The van der Waals surface area contributed by atoms with Gasteiger partial charge in [-0.15, -0.1) is 0 Å². The van der Waals surface area contributed by atoms with Crippen molar-refractivity contribution in [3.63, 3.8) is 0 Å². The topological polar surface area (TPSA) is 101 Å². The van der Waals surface area contributed by atoms with Crippen molar-refractivity contribution in [2.24, 2.45) is 0 Å². The Hall–Kier alpha value is -1.11. The van der Waals surface area contributed by atoms with Crippen LogP contribution in [-0.4, -0.2) is 17.5 Å². The second-order valence-electron chi connectivity index (χ2n) is 3.17. The highest BCUT2D eigenvalue weighted by Crippen LogP contribution is 2.17. The second-order valence-corrected chi connectivity index (χ2v) is 4.07. The van der Waals surface area contributed by atoms with Gasteiger partial charge in [0, 0.05) is 5.69 Å². The van der Waals surface area contributed by atoms with Crippen LogP contribution in [0.5, 0.6) is 0 Å². The van der Waals surface area contributed by atoms with Gasteiger partial charge in [0.2, 0.25) is 0 Å². The summed E-state index contributed by atoms with van der Waals surface area (Å²) < 4.78 is 31.6. The number of hydrogen-bond donors (Lipinski definition) is 3. The first kappa shape index (κ1) is 13.9. The van der Waals surface area contributed by atoms with Gasteiger partial charge < -0.3 is 5.73 Å². The lowest BCUT2D eigenvalue weighted by Crippen LogP contribution is -1.93. The van der Waals surface area contributed by atoms with Gasteiger partial charge in [0.15, 0.2) is 0 Å². The van der Waals surface area contributed by atoms with Crippen molar-refractivity contribution < 1.29 is 17.5 Å². The molecule has 0 saturated heterocycles. The molecule has 0 aliphatic carbocycles. The van der Waals surface area contributed by atoms with Crippen LogP contribution in [0.2, 0.25) is 0 Å². The average Bonchev–Trinajstić information content (AvgIpc) is 2.05. The molecule has 0 amide bonds. The van der Waals surface area contributed by atoms with E-state index in [-0.39, 0.29) is 0 Å². The highest BCUT2D eigenvalue weighted by atomic mass is 32.3. The normalized spacial score (nSPS) is 10.5. The van der Waals surface area contributed by atoms with Crippen LogP contribution in [0.3, 0.4) is 0 Å². The molecule has 86 valence electrons. The summed E-state index contributed by atoms with van der Waals surface area (Å²) in [7, 11) is -4.67. The van der Waals surface area contributed by atoms with Gasteiger partial charge in [-0.1, -0.05) is 6.07 Å². The molecule has 0 heterocycles. The molecule has 1 rings (SSSR count). The molecule has 0 fully saturated rings. The van der Waals surface area contributed by atoms with Crippen LogP contribution in [0, 0.1) is 20.8 Å². The van der Waals surface area contributed by atoms with Crippen molar-refractivity contribution in [2.45, 2.75) is 20.8 Å². The van der Waals surface area contributed by atoms with Crippen LogP contribution in [0.4, 0.5) is 5.69 Å². The number of nitrogen functional groups attached to an aromatic ring is 1. The molecule has 5 nitrogen and oxygen atoms in total. The van der Waals surface area contributed by atoms with Crippen molar-refractivity contribution in [3.05, 3.63) is 28.8 Å². The van der Waals surface area contributed by atoms with Gasteiger partial charge in [0.25, 0.3) is 0 Å². The maximum absolute atomic E-state index is 8.74. The Morgan fingerprint density at radius 3 is 1.80 bits per heavy atom. The lowest BCUT2D eigenvalue weighted by molar-refractivity contribution is 0.381. The molecule has 0 aromatic heterocycles. The molecular weight excluding hydrogens is 218 g/mol. The van der Waals surface area contributed by atoms with Crippen molar-refractivity contribution in [2.75, 3.05) is 5.73 Å². The summed E-state index contributed by atoms with van der Waals surface area (Å²) in [6.45, 7) is 6.25. The van der Waals surface area contributed by atoms with Gasteiger partial charge >= 0.3 is 10.4 Å². The molecule has 6 heteroatoms.